The number of carbonyl (C=O) groups is 1. The number of rotatable bonds is 4. The molecule has 2 aromatic rings. The summed E-state index contributed by atoms with van der Waals surface area (Å²) in [6.45, 7) is 0.856. The molecule has 5 heteroatoms. The van der Waals surface area contributed by atoms with E-state index in [0.717, 1.165) is 35.8 Å². The Bertz CT molecular complexity index is 742. The van der Waals surface area contributed by atoms with Crippen molar-refractivity contribution in [3.8, 4) is 0 Å². The first-order chi connectivity index (χ1) is 12.3. The van der Waals surface area contributed by atoms with Crippen molar-refractivity contribution in [3.63, 3.8) is 0 Å². The number of imidazole rings is 1. The van der Waals surface area contributed by atoms with Crippen molar-refractivity contribution in [2.45, 2.75) is 50.7 Å². The quantitative estimate of drug-likeness (QED) is 0.900. The highest BCUT2D eigenvalue weighted by Crippen LogP contribution is 2.51. The van der Waals surface area contributed by atoms with E-state index in [-0.39, 0.29) is 5.91 Å². The predicted octanol–water partition coefficient (Wildman–Crippen LogP) is 2.82. The Balaban J connectivity index is 1.27. The van der Waals surface area contributed by atoms with E-state index in [0.29, 0.717) is 30.4 Å². The van der Waals surface area contributed by atoms with Crippen molar-refractivity contribution in [2.75, 3.05) is 6.61 Å². The second-order valence-electron chi connectivity index (χ2n) is 7.88. The van der Waals surface area contributed by atoms with Crippen LogP contribution in [0.15, 0.2) is 24.3 Å². The summed E-state index contributed by atoms with van der Waals surface area (Å²) in [6, 6.07) is 8.20. The first-order valence-electron chi connectivity index (χ1n) is 9.64. The van der Waals surface area contributed by atoms with E-state index in [1.165, 1.54) is 25.7 Å². The fraction of sp³-hybridized carbons (Fsp3) is 0.600. The highest BCUT2D eigenvalue weighted by molar-refractivity contribution is 5.80. The van der Waals surface area contributed by atoms with Gasteiger partial charge in [0, 0.05) is 24.5 Å². The van der Waals surface area contributed by atoms with Crippen LogP contribution in [0.3, 0.4) is 0 Å². The molecule has 132 valence electrons. The van der Waals surface area contributed by atoms with Gasteiger partial charge in [-0.25, -0.2) is 4.98 Å². The highest BCUT2D eigenvalue weighted by atomic mass is 16.5. The van der Waals surface area contributed by atoms with Crippen LogP contribution < -0.4 is 5.32 Å². The van der Waals surface area contributed by atoms with Crippen molar-refractivity contribution in [1.82, 2.24) is 15.3 Å². The summed E-state index contributed by atoms with van der Waals surface area (Å²) in [7, 11) is 0. The Kier molecular flexibility index (Phi) is 3.77. The number of benzene rings is 1. The summed E-state index contributed by atoms with van der Waals surface area (Å²) in [5, 5.41) is 3.33. The number of amides is 1. The van der Waals surface area contributed by atoms with Gasteiger partial charge in [-0.2, -0.15) is 0 Å². The molecule has 1 aliphatic heterocycles. The molecule has 1 aromatic carbocycles. The van der Waals surface area contributed by atoms with Crippen molar-refractivity contribution >= 4 is 16.9 Å². The molecule has 5 nitrogen and oxygen atoms in total. The van der Waals surface area contributed by atoms with Crippen LogP contribution in [0.25, 0.3) is 11.0 Å². The van der Waals surface area contributed by atoms with Gasteiger partial charge >= 0.3 is 0 Å². The summed E-state index contributed by atoms with van der Waals surface area (Å²) < 4.78 is 5.98. The van der Waals surface area contributed by atoms with Crippen molar-refractivity contribution < 1.29 is 9.53 Å². The molecular formula is C20H25N3O2. The fourth-order valence-electron chi connectivity index (χ4n) is 5.34. The number of ether oxygens (including phenoxy) is 1. The zero-order chi connectivity index (χ0) is 16.8. The summed E-state index contributed by atoms with van der Waals surface area (Å²) in [5.41, 5.74) is 1.91. The van der Waals surface area contributed by atoms with Gasteiger partial charge in [0.05, 0.1) is 23.6 Å². The van der Waals surface area contributed by atoms with Crippen LogP contribution in [-0.4, -0.2) is 34.6 Å². The first kappa shape index (κ1) is 15.4. The van der Waals surface area contributed by atoms with Crippen molar-refractivity contribution in [1.29, 1.82) is 0 Å². The van der Waals surface area contributed by atoms with E-state index < -0.39 is 0 Å². The summed E-state index contributed by atoms with van der Waals surface area (Å²) in [4.78, 5) is 20.4. The van der Waals surface area contributed by atoms with Gasteiger partial charge in [0.1, 0.15) is 5.82 Å². The number of hydrogen-bond donors (Lipinski definition) is 2. The van der Waals surface area contributed by atoms with Gasteiger partial charge in [0.25, 0.3) is 0 Å². The molecule has 0 spiro atoms. The minimum Gasteiger partial charge on any atom is -0.377 e. The molecule has 2 heterocycles. The fourth-order valence-corrected chi connectivity index (χ4v) is 5.34. The Hall–Kier alpha value is -1.88. The van der Waals surface area contributed by atoms with E-state index >= 15 is 0 Å². The Morgan fingerprint density at radius 3 is 2.92 bits per heavy atom. The van der Waals surface area contributed by atoms with Gasteiger partial charge in [-0.1, -0.05) is 37.8 Å². The van der Waals surface area contributed by atoms with Gasteiger partial charge in [-0.3, -0.25) is 4.79 Å². The molecule has 25 heavy (non-hydrogen) atoms. The van der Waals surface area contributed by atoms with E-state index in [2.05, 4.69) is 15.3 Å². The molecule has 2 aliphatic carbocycles. The SMILES string of the molecule is O=C(Cc1nc2ccccc2[nH]1)N[C@H]1[C@@H]2CCO[C@@H]2[C@@H]1C1CCCC1. The van der Waals surface area contributed by atoms with E-state index in [1.54, 1.807) is 0 Å². The first-order valence-corrected chi connectivity index (χ1v) is 9.64. The monoisotopic (exact) mass is 339 g/mol. The van der Waals surface area contributed by atoms with Crippen LogP contribution in [0.1, 0.15) is 37.9 Å². The lowest BCUT2D eigenvalue weighted by molar-refractivity contribution is -0.129. The maximum atomic E-state index is 12.6. The third-order valence-corrected chi connectivity index (χ3v) is 6.48. The molecule has 1 aromatic heterocycles. The molecule has 4 atom stereocenters. The zero-order valence-electron chi connectivity index (χ0n) is 14.4. The smallest absolute Gasteiger partial charge is 0.227 e. The summed E-state index contributed by atoms with van der Waals surface area (Å²) in [5.74, 6) is 2.60. The number of nitrogens with one attached hydrogen (secondary N) is 2. The predicted molar refractivity (Wildman–Crippen MR) is 95.0 cm³/mol. The normalized spacial score (nSPS) is 31.8. The summed E-state index contributed by atoms with van der Waals surface area (Å²) >= 11 is 0. The van der Waals surface area contributed by atoms with Gasteiger partial charge in [0.15, 0.2) is 0 Å². The lowest BCUT2D eigenvalue weighted by Crippen LogP contribution is -2.63. The Morgan fingerprint density at radius 2 is 2.08 bits per heavy atom. The van der Waals surface area contributed by atoms with E-state index in [1.807, 2.05) is 24.3 Å². The van der Waals surface area contributed by atoms with E-state index in [4.69, 9.17) is 4.74 Å². The lowest BCUT2D eigenvalue weighted by Gasteiger charge is -2.50. The molecule has 1 amide bonds. The number of carbonyl (C=O) groups excluding carboxylic acids is 1. The minimum absolute atomic E-state index is 0.0809. The Morgan fingerprint density at radius 1 is 1.24 bits per heavy atom. The summed E-state index contributed by atoms with van der Waals surface area (Å²) in [6.07, 6.45) is 7.06. The molecule has 2 N–H and O–H groups in total. The molecular weight excluding hydrogens is 314 g/mol. The van der Waals surface area contributed by atoms with E-state index in [9.17, 15) is 4.79 Å². The molecule has 0 radical (unpaired) electrons. The molecule has 3 fully saturated rings. The second-order valence-corrected chi connectivity index (χ2v) is 7.88. The zero-order valence-corrected chi connectivity index (χ0v) is 14.4. The number of aromatic amines is 1. The maximum absolute atomic E-state index is 12.6. The van der Waals surface area contributed by atoms with Crippen LogP contribution in [0, 0.1) is 17.8 Å². The highest BCUT2D eigenvalue weighted by Gasteiger charge is 2.56. The second kappa shape index (κ2) is 6.13. The van der Waals surface area contributed by atoms with Crippen LogP contribution in [-0.2, 0) is 16.0 Å². The largest absolute Gasteiger partial charge is 0.377 e. The van der Waals surface area contributed by atoms with Gasteiger partial charge in [-0.05, 0) is 24.5 Å². The number of H-pyrrole nitrogens is 1. The van der Waals surface area contributed by atoms with Crippen LogP contribution in [0.4, 0.5) is 0 Å². The van der Waals surface area contributed by atoms with Crippen LogP contribution in [0.2, 0.25) is 0 Å². The van der Waals surface area contributed by atoms with Crippen LogP contribution in [0.5, 0.6) is 0 Å². The third kappa shape index (κ3) is 2.65. The average Bonchev–Trinajstić information content (AvgIpc) is 3.32. The lowest BCUT2D eigenvalue weighted by atomic mass is 9.61. The number of nitrogens with zero attached hydrogens (tertiary/aromatic N) is 1. The standard InChI is InChI=1S/C20H25N3O2/c24-17(11-16-21-14-7-3-4-8-15(14)22-16)23-19-13-9-10-25-20(13)18(19)12-5-1-2-6-12/h3-4,7-8,12-13,18-20H,1-2,5-6,9-11H2,(H,21,22)(H,23,24)/t13-,18+,19-,20-/m0/s1. The maximum Gasteiger partial charge on any atom is 0.227 e. The molecule has 0 bridgehead atoms. The molecule has 2 saturated carbocycles. The molecule has 0 unspecified atom stereocenters. The van der Waals surface area contributed by atoms with Gasteiger partial charge < -0.3 is 15.0 Å². The van der Waals surface area contributed by atoms with Gasteiger partial charge in [0.2, 0.25) is 5.91 Å². The topological polar surface area (TPSA) is 67.0 Å². The number of hydrogen-bond acceptors (Lipinski definition) is 3. The number of fused-ring (bicyclic) bond motifs is 2. The average molecular weight is 339 g/mol. The number of para-hydroxylation sites is 2. The van der Waals surface area contributed by atoms with Gasteiger partial charge in [-0.15, -0.1) is 0 Å². The third-order valence-electron chi connectivity index (χ3n) is 6.48. The number of aromatic nitrogens is 2. The van der Waals surface area contributed by atoms with Crippen molar-refractivity contribution in [2.24, 2.45) is 17.8 Å². The Labute approximate surface area is 147 Å². The minimum atomic E-state index is 0.0809. The van der Waals surface area contributed by atoms with Crippen LogP contribution >= 0.6 is 0 Å². The van der Waals surface area contributed by atoms with Crippen molar-refractivity contribution in [3.05, 3.63) is 30.1 Å². The molecule has 3 aliphatic rings. The molecule has 5 rings (SSSR count). The molecule has 1 saturated heterocycles.